The van der Waals surface area contributed by atoms with Gasteiger partial charge >= 0.3 is 5.97 Å². The number of rotatable bonds is 6. The zero-order valence-corrected chi connectivity index (χ0v) is 16.7. The summed E-state index contributed by atoms with van der Waals surface area (Å²) in [6, 6.07) is 15.4. The predicted octanol–water partition coefficient (Wildman–Crippen LogP) is 2.90. The van der Waals surface area contributed by atoms with Crippen LogP contribution in [-0.2, 0) is 19.4 Å². The van der Waals surface area contributed by atoms with E-state index >= 15 is 0 Å². The Hall–Kier alpha value is -1.70. The Morgan fingerprint density at radius 1 is 1.15 bits per heavy atom. The Bertz CT molecular complexity index is 899. The van der Waals surface area contributed by atoms with Crippen molar-refractivity contribution in [3.8, 4) is 0 Å². The Kier molecular flexibility index (Phi) is 5.23. The molecule has 138 valence electrons. The molecule has 1 saturated carbocycles. The van der Waals surface area contributed by atoms with Crippen molar-refractivity contribution in [2.24, 2.45) is 11.1 Å². The third kappa shape index (κ3) is 2.98. The highest BCUT2D eigenvalue weighted by atomic mass is 79.9. The first-order valence-corrected chi connectivity index (χ1v) is 10.6. The summed E-state index contributed by atoms with van der Waals surface area (Å²) in [5, 5.41) is -0.942. The molecule has 3 atom stereocenters. The van der Waals surface area contributed by atoms with Crippen LogP contribution in [0.1, 0.15) is 18.4 Å². The molecular formula is C19H20BrNO4S. The number of halogens is 1. The molecule has 2 N–H and O–H groups in total. The van der Waals surface area contributed by atoms with Gasteiger partial charge in [-0.1, -0.05) is 46.3 Å². The molecule has 26 heavy (non-hydrogen) atoms. The van der Waals surface area contributed by atoms with Crippen LogP contribution in [0.4, 0.5) is 0 Å². The summed E-state index contributed by atoms with van der Waals surface area (Å²) in [6.45, 7) is 1.77. The van der Waals surface area contributed by atoms with Crippen molar-refractivity contribution in [3.63, 3.8) is 0 Å². The van der Waals surface area contributed by atoms with Crippen molar-refractivity contribution in [1.29, 1.82) is 0 Å². The Balaban J connectivity index is 2.11. The van der Waals surface area contributed by atoms with E-state index in [0.29, 0.717) is 0 Å². The average Bonchev–Trinajstić information content (AvgIpc) is 3.35. The van der Waals surface area contributed by atoms with Gasteiger partial charge in [0.15, 0.2) is 9.84 Å². The van der Waals surface area contributed by atoms with E-state index in [4.69, 9.17) is 10.5 Å². The summed E-state index contributed by atoms with van der Waals surface area (Å²) < 4.78 is 32.6. The first-order valence-electron chi connectivity index (χ1n) is 8.31. The number of ether oxygens (including phenoxy) is 1. The molecule has 0 unspecified atom stereocenters. The predicted molar refractivity (Wildman–Crippen MR) is 102 cm³/mol. The minimum absolute atomic E-state index is 0.0940. The lowest BCUT2D eigenvalue weighted by Crippen LogP contribution is -2.33. The number of sulfone groups is 1. The van der Waals surface area contributed by atoms with Gasteiger partial charge in [0.1, 0.15) is 5.41 Å². The Labute approximate surface area is 161 Å². The summed E-state index contributed by atoms with van der Waals surface area (Å²) >= 11 is 3.37. The lowest BCUT2D eigenvalue weighted by Gasteiger charge is -2.14. The molecule has 0 spiro atoms. The van der Waals surface area contributed by atoms with Gasteiger partial charge in [0.2, 0.25) is 0 Å². The van der Waals surface area contributed by atoms with Crippen molar-refractivity contribution in [2.75, 3.05) is 13.2 Å². The lowest BCUT2D eigenvalue weighted by molar-refractivity contribution is -0.149. The topological polar surface area (TPSA) is 86.5 Å². The summed E-state index contributed by atoms with van der Waals surface area (Å²) in [6.07, 6.45) is 0. The second kappa shape index (κ2) is 7.13. The zero-order valence-electron chi connectivity index (χ0n) is 14.3. The number of carbonyl (C=O) groups excluding carboxylic acids is 1. The number of esters is 1. The number of carbonyl (C=O) groups is 1. The number of nitrogens with two attached hydrogens (primary N) is 1. The van der Waals surface area contributed by atoms with E-state index in [2.05, 4.69) is 15.9 Å². The molecule has 0 aromatic heterocycles. The Morgan fingerprint density at radius 2 is 1.77 bits per heavy atom. The SMILES string of the molecule is CCOC(=O)[C@]1(CN)[C@H](c2ccc(Br)cc2)[C@@H]1S(=O)(=O)c1ccccc1. The van der Waals surface area contributed by atoms with Gasteiger partial charge in [-0.25, -0.2) is 8.42 Å². The summed E-state index contributed by atoms with van der Waals surface area (Å²) in [4.78, 5) is 12.9. The lowest BCUT2D eigenvalue weighted by atomic mass is 9.99. The third-order valence-corrected chi connectivity index (χ3v) is 7.70. The van der Waals surface area contributed by atoms with E-state index in [0.717, 1.165) is 10.0 Å². The van der Waals surface area contributed by atoms with Crippen molar-refractivity contribution < 1.29 is 17.9 Å². The smallest absolute Gasteiger partial charge is 0.315 e. The second-order valence-corrected chi connectivity index (χ2v) is 9.26. The molecule has 2 aromatic rings. The van der Waals surface area contributed by atoms with Crippen LogP contribution in [-0.4, -0.2) is 32.8 Å². The van der Waals surface area contributed by atoms with Crippen LogP contribution in [0.25, 0.3) is 0 Å². The maximum atomic E-state index is 13.3. The van der Waals surface area contributed by atoms with Crippen LogP contribution in [0.5, 0.6) is 0 Å². The average molecular weight is 438 g/mol. The van der Waals surface area contributed by atoms with Crippen molar-refractivity contribution in [2.45, 2.75) is 23.0 Å². The van der Waals surface area contributed by atoms with Gasteiger partial charge in [0.25, 0.3) is 0 Å². The van der Waals surface area contributed by atoms with E-state index in [-0.39, 0.29) is 18.0 Å². The molecule has 0 aliphatic heterocycles. The quantitative estimate of drug-likeness (QED) is 0.701. The Morgan fingerprint density at radius 3 is 2.31 bits per heavy atom. The number of hydrogen-bond donors (Lipinski definition) is 1. The summed E-state index contributed by atoms with van der Waals surface area (Å²) in [5.41, 5.74) is 5.44. The standard InChI is InChI=1S/C19H20BrNO4S/c1-2-25-18(22)19(12-21)16(13-8-10-14(20)11-9-13)17(19)26(23,24)15-6-4-3-5-7-15/h3-11,16-17H,2,12,21H2,1H3/t16-,17+,19-/m1/s1. The van der Waals surface area contributed by atoms with Gasteiger partial charge < -0.3 is 10.5 Å². The summed E-state index contributed by atoms with van der Waals surface area (Å²) in [5.74, 6) is -1.09. The highest BCUT2D eigenvalue weighted by molar-refractivity contribution is 9.10. The second-order valence-electron chi connectivity index (χ2n) is 6.27. The van der Waals surface area contributed by atoms with Crippen molar-refractivity contribution in [3.05, 3.63) is 64.6 Å². The molecule has 1 fully saturated rings. The van der Waals surface area contributed by atoms with Gasteiger partial charge in [-0.3, -0.25) is 4.79 Å². The largest absolute Gasteiger partial charge is 0.465 e. The monoisotopic (exact) mass is 437 g/mol. The molecule has 0 bridgehead atoms. The molecule has 2 aromatic carbocycles. The van der Waals surface area contributed by atoms with E-state index < -0.39 is 32.4 Å². The van der Waals surface area contributed by atoms with Crippen LogP contribution in [0, 0.1) is 5.41 Å². The van der Waals surface area contributed by atoms with Gasteiger partial charge in [-0.05, 0) is 36.8 Å². The molecule has 1 aliphatic rings. The fourth-order valence-corrected chi connectivity index (χ4v) is 6.26. The van der Waals surface area contributed by atoms with Crippen LogP contribution < -0.4 is 5.73 Å². The molecule has 5 nitrogen and oxygen atoms in total. The molecule has 1 aliphatic carbocycles. The maximum Gasteiger partial charge on any atom is 0.315 e. The molecular weight excluding hydrogens is 418 g/mol. The molecule has 7 heteroatoms. The van der Waals surface area contributed by atoms with Crippen LogP contribution >= 0.6 is 15.9 Å². The fraction of sp³-hybridized carbons (Fsp3) is 0.316. The molecule has 3 rings (SSSR count). The first kappa shape index (κ1) is 19.1. The first-order chi connectivity index (χ1) is 12.4. The van der Waals surface area contributed by atoms with E-state index in [1.807, 2.05) is 24.3 Å². The van der Waals surface area contributed by atoms with Gasteiger partial charge in [-0.2, -0.15) is 0 Å². The minimum atomic E-state index is -3.75. The van der Waals surface area contributed by atoms with Crippen molar-refractivity contribution >= 4 is 31.7 Å². The molecule has 0 heterocycles. The third-order valence-electron chi connectivity index (χ3n) is 4.88. The van der Waals surface area contributed by atoms with Crippen LogP contribution in [0.2, 0.25) is 0 Å². The van der Waals surface area contributed by atoms with E-state index in [9.17, 15) is 13.2 Å². The molecule has 0 amide bonds. The van der Waals surface area contributed by atoms with Crippen molar-refractivity contribution in [1.82, 2.24) is 0 Å². The zero-order chi connectivity index (χ0) is 18.9. The number of hydrogen-bond acceptors (Lipinski definition) is 5. The molecule has 0 radical (unpaired) electrons. The van der Waals surface area contributed by atoms with E-state index in [1.165, 1.54) is 0 Å². The van der Waals surface area contributed by atoms with Crippen LogP contribution in [0.15, 0.2) is 64.0 Å². The highest BCUT2D eigenvalue weighted by Crippen LogP contribution is 2.64. The highest BCUT2D eigenvalue weighted by Gasteiger charge is 2.75. The van der Waals surface area contributed by atoms with Gasteiger partial charge in [-0.15, -0.1) is 0 Å². The number of benzene rings is 2. The maximum absolute atomic E-state index is 13.3. The van der Waals surface area contributed by atoms with Gasteiger partial charge in [0, 0.05) is 16.9 Å². The summed E-state index contributed by atoms with van der Waals surface area (Å²) in [7, 11) is -3.75. The molecule has 0 saturated heterocycles. The normalized spacial score (nSPS) is 24.9. The van der Waals surface area contributed by atoms with Crippen LogP contribution in [0.3, 0.4) is 0 Å². The van der Waals surface area contributed by atoms with E-state index in [1.54, 1.807) is 37.3 Å². The van der Waals surface area contributed by atoms with Gasteiger partial charge in [0.05, 0.1) is 16.8 Å². The minimum Gasteiger partial charge on any atom is -0.465 e. The fourth-order valence-electron chi connectivity index (χ4n) is 3.59.